The minimum Gasteiger partial charge on any atom is -0.328 e. The van der Waals surface area contributed by atoms with Gasteiger partial charge >= 0.3 is 0 Å². The molecule has 0 radical (unpaired) electrons. The molecular formula is C26H28N4OS. The molecule has 2 aliphatic rings. The van der Waals surface area contributed by atoms with Gasteiger partial charge in [-0.15, -0.1) is 5.10 Å². The zero-order chi connectivity index (χ0) is 22.5. The first-order valence-corrected chi connectivity index (χ1v) is 12.0. The topological polar surface area (TPSA) is 59.8 Å². The fourth-order valence-corrected chi connectivity index (χ4v) is 5.53. The Balaban J connectivity index is 1.53. The number of nitrogens with zero attached hydrogens (tertiary/aromatic N) is 3. The molecule has 2 heterocycles. The van der Waals surface area contributed by atoms with Gasteiger partial charge < -0.3 is 5.32 Å². The number of nitrogens with one attached hydrogen (secondary N) is 1. The van der Waals surface area contributed by atoms with E-state index in [1.165, 1.54) is 16.7 Å². The van der Waals surface area contributed by atoms with Crippen LogP contribution in [0.2, 0.25) is 0 Å². The van der Waals surface area contributed by atoms with E-state index < -0.39 is 0 Å². The van der Waals surface area contributed by atoms with Crippen LogP contribution in [0.1, 0.15) is 55.0 Å². The zero-order valence-corrected chi connectivity index (χ0v) is 19.8. The molecule has 6 heteroatoms. The van der Waals surface area contributed by atoms with Gasteiger partial charge in [-0.05, 0) is 42.4 Å². The van der Waals surface area contributed by atoms with E-state index in [2.05, 4.69) is 81.5 Å². The summed E-state index contributed by atoms with van der Waals surface area (Å²) in [5.41, 5.74) is 6.58. The number of aryl methyl sites for hydroxylation is 2. The number of aromatic nitrogens is 3. The van der Waals surface area contributed by atoms with Gasteiger partial charge in [-0.1, -0.05) is 79.7 Å². The third-order valence-electron chi connectivity index (χ3n) is 6.32. The van der Waals surface area contributed by atoms with Gasteiger partial charge in [0.15, 0.2) is 5.78 Å². The standard InChI is InChI=1S/C26H28N4OS/c1-16-9-11-18(12-10-16)23-22-20(13-26(3,4)14-21(22)31)27-24-28-25(29-30(23)24)32-15-19-8-6-5-7-17(19)2/h5-12,23H,13-15H2,1-4H3,(H,27,28,29)/t23-/m1/s1. The highest BCUT2D eigenvalue weighted by Gasteiger charge is 2.41. The molecule has 0 amide bonds. The Morgan fingerprint density at radius 2 is 1.84 bits per heavy atom. The summed E-state index contributed by atoms with van der Waals surface area (Å²) in [6.45, 7) is 8.51. The van der Waals surface area contributed by atoms with Crippen LogP contribution in [0.15, 0.2) is 65.0 Å². The van der Waals surface area contributed by atoms with Gasteiger partial charge in [-0.2, -0.15) is 4.98 Å². The van der Waals surface area contributed by atoms with Gasteiger partial charge in [0.05, 0.1) is 0 Å². The lowest BCUT2D eigenvalue weighted by Gasteiger charge is -2.38. The molecule has 164 valence electrons. The van der Waals surface area contributed by atoms with Crippen LogP contribution in [0.3, 0.4) is 0 Å². The molecule has 3 aromatic rings. The summed E-state index contributed by atoms with van der Waals surface area (Å²) in [5, 5.41) is 9.04. The van der Waals surface area contributed by atoms with Gasteiger partial charge in [0.1, 0.15) is 6.04 Å². The molecule has 2 aromatic carbocycles. The highest BCUT2D eigenvalue weighted by molar-refractivity contribution is 7.98. The third kappa shape index (κ3) is 3.88. The number of carbonyl (C=O) groups excluding carboxylic acids is 1. The Morgan fingerprint density at radius 3 is 2.59 bits per heavy atom. The van der Waals surface area contributed by atoms with Gasteiger partial charge in [0.25, 0.3) is 0 Å². The molecule has 1 aliphatic heterocycles. The molecule has 1 atom stereocenters. The molecule has 1 N–H and O–H groups in total. The summed E-state index contributed by atoms with van der Waals surface area (Å²) in [6, 6.07) is 16.6. The number of allylic oxidation sites excluding steroid dienone is 2. The van der Waals surface area contributed by atoms with E-state index in [1.807, 2.05) is 4.68 Å². The number of hydrogen-bond donors (Lipinski definition) is 1. The predicted octanol–water partition coefficient (Wildman–Crippen LogP) is 5.85. The van der Waals surface area contributed by atoms with Crippen molar-refractivity contribution in [1.29, 1.82) is 0 Å². The number of rotatable bonds is 4. The van der Waals surface area contributed by atoms with Crippen LogP contribution in [0.25, 0.3) is 0 Å². The maximum atomic E-state index is 13.3. The molecule has 0 saturated carbocycles. The molecule has 1 aliphatic carbocycles. The molecular weight excluding hydrogens is 416 g/mol. The molecule has 32 heavy (non-hydrogen) atoms. The van der Waals surface area contributed by atoms with E-state index >= 15 is 0 Å². The van der Waals surface area contributed by atoms with Gasteiger partial charge in [-0.3, -0.25) is 4.79 Å². The zero-order valence-electron chi connectivity index (χ0n) is 19.0. The summed E-state index contributed by atoms with van der Waals surface area (Å²) in [6.07, 6.45) is 1.38. The van der Waals surface area contributed by atoms with Crippen LogP contribution in [0.4, 0.5) is 5.95 Å². The number of carbonyl (C=O) groups is 1. The second-order valence-electron chi connectivity index (χ2n) is 9.65. The van der Waals surface area contributed by atoms with Crippen LogP contribution in [0, 0.1) is 19.3 Å². The quantitative estimate of drug-likeness (QED) is 0.512. The first kappa shape index (κ1) is 21.0. The highest BCUT2D eigenvalue weighted by atomic mass is 32.2. The average molecular weight is 445 g/mol. The number of ketones is 1. The molecule has 5 rings (SSSR count). The summed E-state index contributed by atoms with van der Waals surface area (Å²) < 4.78 is 1.90. The van der Waals surface area contributed by atoms with E-state index in [0.29, 0.717) is 12.4 Å². The second kappa shape index (κ2) is 7.93. The van der Waals surface area contributed by atoms with Crippen LogP contribution in [0.5, 0.6) is 0 Å². The number of hydrogen-bond acceptors (Lipinski definition) is 5. The predicted molar refractivity (Wildman–Crippen MR) is 129 cm³/mol. The summed E-state index contributed by atoms with van der Waals surface area (Å²) >= 11 is 1.63. The molecule has 0 saturated heterocycles. The Bertz CT molecular complexity index is 1220. The lowest BCUT2D eigenvalue weighted by atomic mass is 9.73. The van der Waals surface area contributed by atoms with Gasteiger partial charge in [0, 0.05) is 23.4 Å². The first-order valence-electron chi connectivity index (χ1n) is 11.0. The van der Waals surface area contributed by atoms with E-state index in [9.17, 15) is 4.79 Å². The number of fused-ring (bicyclic) bond motifs is 1. The summed E-state index contributed by atoms with van der Waals surface area (Å²) in [4.78, 5) is 18.1. The first-order chi connectivity index (χ1) is 15.3. The molecule has 5 nitrogen and oxygen atoms in total. The SMILES string of the molecule is Cc1ccc([C@@H]2C3=C(CC(C)(C)CC3=O)Nc3nc(SCc4ccccc4C)nn32)cc1. The number of anilines is 1. The van der Waals surface area contributed by atoms with Gasteiger partial charge in [0.2, 0.25) is 11.1 Å². The Kier molecular flexibility index (Phi) is 5.20. The smallest absolute Gasteiger partial charge is 0.227 e. The fraction of sp³-hybridized carbons (Fsp3) is 0.346. The van der Waals surface area contributed by atoms with Crippen LogP contribution < -0.4 is 5.32 Å². The lowest BCUT2D eigenvalue weighted by molar-refractivity contribution is -0.118. The van der Waals surface area contributed by atoms with E-state index in [0.717, 1.165) is 34.2 Å². The second-order valence-corrected chi connectivity index (χ2v) is 10.6. The van der Waals surface area contributed by atoms with Crippen molar-refractivity contribution < 1.29 is 4.79 Å². The number of thioether (sulfide) groups is 1. The van der Waals surface area contributed by atoms with Crippen LogP contribution >= 0.6 is 11.8 Å². The normalized spacial score (nSPS) is 19.4. The van der Waals surface area contributed by atoms with Crippen molar-refractivity contribution in [3.05, 3.63) is 82.1 Å². The van der Waals surface area contributed by atoms with E-state index in [1.54, 1.807) is 11.8 Å². The van der Waals surface area contributed by atoms with Crippen molar-refractivity contribution >= 4 is 23.5 Å². The Morgan fingerprint density at radius 1 is 1.09 bits per heavy atom. The lowest BCUT2D eigenvalue weighted by Crippen LogP contribution is -2.36. The van der Waals surface area contributed by atoms with Crippen molar-refractivity contribution in [3.63, 3.8) is 0 Å². The van der Waals surface area contributed by atoms with Crippen LogP contribution in [-0.4, -0.2) is 20.5 Å². The summed E-state index contributed by atoms with van der Waals surface area (Å²) in [7, 11) is 0. The highest BCUT2D eigenvalue weighted by Crippen LogP contribution is 2.45. The van der Waals surface area contributed by atoms with Crippen molar-refractivity contribution in [2.45, 2.75) is 57.5 Å². The monoisotopic (exact) mass is 444 g/mol. The molecule has 0 bridgehead atoms. The third-order valence-corrected chi connectivity index (χ3v) is 7.21. The van der Waals surface area contributed by atoms with Crippen molar-refractivity contribution in [2.24, 2.45) is 5.41 Å². The Labute approximate surface area is 193 Å². The van der Waals surface area contributed by atoms with Crippen LogP contribution in [-0.2, 0) is 10.5 Å². The fourth-order valence-electron chi connectivity index (χ4n) is 4.62. The largest absolute Gasteiger partial charge is 0.328 e. The Hall–Kier alpha value is -2.86. The van der Waals surface area contributed by atoms with Crippen molar-refractivity contribution in [3.8, 4) is 0 Å². The van der Waals surface area contributed by atoms with Crippen molar-refractivity contribution in [1.82, 2.24) is 14.8 Å². The van der Waals surface area contributed by atoms with Gasteiger partial charge in [-0.25, -0.2) is 4.68 Å². The molecule has 0 unspecified atom stereocenters. The number of benzene rings is 2. The van der Waals surface area contributed by atoms with E-state index in [-0.39, 0.29) is 17.2 Å². The molecule has 0 spiro atoms. The van der Waals surface area contributed by atoms with Crippen molar-refractivity contribution in [2.75, 3.05) is 5.32 Å². The average Bonchev–Trinajstić information content (AvgIpc) is 3.14. The maximum absolute atomic E-state index is 13.3. The maximum Gasteiger partial charge on any atom is 0.227 e. The minimum atomic E-state index is -0.245. The molecule has 1 aromatic heterocycles. The van der Waals surface area contributed by atoms with E-state index in [4.69, 9.17) is 10.1 Å². The minimum absolute atomic E-state index is 0.0641. The summed E-state index contributed by atoms with van der Waals surface area (Å²) in [5.74, 6) is 1.72. The number of Topliss-reactive ketones (excluding diaryl/α,β-unsaturated/α-hetero) is 1. The molecule has 0 fully saturated rings.